The molecule has 0 aliphatic rings. The Morgan fingerprint density at radius 2 is 2.14 bits per heavy atom. The van der Waals surface area contributed by atoms with Crippen LogP contribution in [0.5, 0.6) is 0 Å². The highest BCUT2D eigenvalue weighted by Gasteiger charge is 2.14. The molecule has 2 heterocycles. The van der Waals surface area contributed by atoms with Crippen molar-refractivity contribution in [2.45, 2.75) is 6.54 Å². The Kier molecular flexibility index (Phi) is 3.95. The summed E-state index contributed by atoms with van der Waals surface area (Å²) in [7, 11) is 0. The summed E-state index contributed by atoms with van der Waals surface area (Å²) in [5, 5.41) is 13.3. The second-order valence-corrected chi connectivity index (χ2v) is 5.46. The number of rotatable bonds is 4. The van der Waals surface area contributed by atoms with Gasteiger partial charge >= 0.3 is 0 Å². The lowest BCUT2D eigenvalue weighted by Crippen LogP contribution is -2.15. The van der Waals surface area contributed by atoms with Gasteiger partial charge < -0.3 is 0 Å². The fourth-order valence-electron chi connectivity index (χ4n) is 1.79. The van der Waals surface area contributed by atoms with Crippen molar-refractivity contribution in [3.8, 4) is 0 Å². The molecule has 106 valence electrons. The van der Waals surface area contributed by atoms with Crippen LogP contribution >= 0.6 is 22.6 Å². The first-order chi connectivity index (χ1) is 10.2. The summed E-state index contributed by atoms with van der Waals surface area (Å²) in [6, 6.07) is 9.91. The highest BCUT2D eigenvalue weighted by Crippen LogP contribution is 2.10. The van der Waals surface area contributed by atoms with Crippen LogP contribution in [0.15, 0.2) is 42.9 Å². The van der Waals surface area contributed by atoms with Crippen molar-refractivity contribution in [2.24, 2.45) is 0 Å². The van der Waals surface area contributed by atoms with Gasteiger partial charge in [0, 0.05) is 0 Å². The number of carbonyl (C=O) groups is 1. The molecule has 1 aromatic carbocycles. The monoisotopic (exact) mass is 394 g/mol. The number of hydrogen-bond donors (Lipinski definition) is 2. The number of aromatic amines is 1. The van der Waals surface area contributed by atoms with E-state index in [1.165, 1.54) is 0 Å². The summed E-state index contributed by atoms with van der Waals surface area (Å²) in [4.78, 5) is 16.1. The maximum Gasteiger partial charge on any atom is 0.277 e. The van der Waals surface area contributed by atoms with Gasteiger partial charge in [0.2, 0.25) is 5.95 Å². The number of nitrogens with one attached hydrogen (secondary N) is 2. The van der Waals surface area contributed by atoms with Crippen molar-refractivity contribution < 1.29 is 4.79 Å². The van der Waals surface area contributed by atoms with Crippen molar-refractivity contribution >= 4 is 34.4 Å². The van der Waals surface area contributed by atoms with Gasteiger partial charge in [0.05, 0.1) is 16.3 Å². The molecular weight excluding hydrogens is 383 g/mol. The van der Waals surface area contributed by atoms with Crippen LogP contribution in [0.2, 0.25) is 0 Å². The second kappa shape index (κ2) is 6.04. The maximum atomic E-state index is 12.0. The molecule has 8 heteroatoms. The molecule has 7 nitrogen and oxygen atoms in total. The Morgan fingerprint density at radius 3 is 2.86 bits per heavy atom. The van der Waals surface area contributed by atoms with Gasteiger partial charge in [0.1, 0.15) is 12.0 Å². The quantitative estimate of drug-likeness (QED) is 0.662. The molecule has 0 bridgehead atoms. The smallest absolute Gasteiger partial charge is 0.277 e. The Labute approximate surface area is 133 Å². The first kappa shape index (κ1) is 13.7. The van der Waals surface area contributed by atoms with E-state index in [9.17, 15) is 4.79 Å². The lowest BCUT2D eigenvalue weighted by atomic mass is 10.2. The largest absolute Gasteiger partial charge is 0.288 e. The van der Waals surface area contributed by atoms with Crippen LogP contribution in [0, 0.1) is 3.57 Å². The van der Waals surface area contributed by atoms with Crippen LogP contribution in [0.1, 0.15) is 16.1 Å². The van der Waals surface area contributed by atoms with Crippen LogP contribution < -0.4 is 5.32 Å². The van der Waals surface area contributed by atoms with E-state index in [1.807, 2.05) is 52.9 Å². The number of nitrogens with zero attached hydrogens (tertiary/aromatic N) is 4. The van der Waals surface area contributed by atoms with Crippen LogP contribution in [0.3, 0.4) is 0 Å². The highest BCUT2D eigenvalue weighted by molar-refractivity contribution is 14.1. The van der Waals surface area contributed by atoms with E-state index >= 15 is 0 Å². The normalized spacial score (nSPS) is 10.5. The Balaban J connectivity index is 1.68. The summed E-state index contributed by atoms with van der Waals surface area (Å²) >= 11 is 2.03. The van der Waals surface area contributed by atoms with Gasteiger partial charge in [0.25, 0.3) is 5.91 Å². The molecule has 0 spiro atoms. The van der Waals surface area contributed by atoms with Gasteiger partial charge in [-0.1, -0.05) is 30.3 Å². The minimum atomic E-state index is -0.311. The zero-order valence-corrected chi connectivity index (χ0v) is 13.0. The minimum Gasteiger partial charge on any atom is -0.288 e. The predicted molar refractivity (Wildman–Crippen MR) is 84.8 cm³/mol. The standard InChI is InChI=1S/C13H11IN6O/c14-10-6-16-18-11(10)12(21)17-13-15-8-20(19-13)7-9-4-2-1-3-5-9/h1-6,8H,7H2,(H,16,18)(H,17,19,21). The summed E-state index contributed by atoms with van der Waals surface area (Å²) in [6.07, 6.45) is 3.16. The third-order valence-electron chi connectivity index (χ3n) is 2.77. The number of halogens is 1. The third kappa shape index (κ3) is 3.27. The summed E-state index contributed by atoms with van der Waals surface area (Å²) in [5.74, 6) is -0.0457. The first-order valence-corrected chi connectivity index (χ1v) is 7.24. The number of carbonyl (C=O) groups excluding carboxylic acids is 1. The molecule has 0 fully saturated rings. The van der Waals surface area contributed by atoms with Gasteiger partial charge in [-0.25, -0.2) is 9.67 Å². The SMILES string of the molecule is O=C(Nc1ncn(Cc2ccccc2)n1)c1[nH]ncc1I. The van der Waals surface area contributed by atoms with Crippen LogP contribution in [0.4, 0.5) is 5.95 Å². The molecule has 0 saturated heterocycles. The molecule has 2 N–H and O–H groups in total. The van der Waals surface area contributed by atoms with Crippen molar-refractivity contribution in [1.82, 2.24) is 25.0 Å². The number of aromatic nitrogens is 5. The fourth-order valence-corrected chi connectivity index (χ4v) is 2.30. The van der Waals surface area contributed by atoms with Crippen LogP contribution in [-0.4, -0.2) is 30.9 Å². The van der Waals surface area contributed by atoms with Crippen molar-refractivity contribution in [2.75, 3.05) is 5.32 Å². The van der Waals surface area contributed by atoms with Crippen molar-refractivity contribution in [3.05, 3.63) is 57.7 Å². The van der Waals surface area contributed by atoms with E-state index in [0.29, 0.717) is 12.2 Å². The number of H-pyrrole nitrogens is 1. The third-order valence-corrected chi connectivity index (χ3v) is 3.59. The molecule has 0 atom stereocenters. The average molecular weight is 394 g/mol. The molecule has 1 amide bonds. The molecule has 0 saturated carbocycles. The van der Waals surface area contributed by atoms with E-state index in [2.05, 4.69) is 25.6 Å². The van der Waals surface area contributed by atoms with Crippen molar-refractivity contribution in [3.63, 3.8) is 0 Å². The van der Waals surface area contributed by atoms with E-state index in [4.69, 9.17) is 0 Å². The van der Waals surface area contributed by atoms with Gasteiger partial charge in [-0.15, -0.1) is 5.10 Å². The lowest BCUT2D eigenvalue weighted by molar-refractivity contribution is 0.102. The first-order valence-electron chi connectivity index (χ1n) is 6.16. The van der Waals surface area contributed by atoms with E-state index in [0.717, 1.165) is 9.13 Å². The Morgan fingerprint density at radius 1 is 1.33 bits per heavy atom. The maximum absolute atomic E-state index is 12.0. The average Bonchev–Trinajstić information content (AvgIpc) is 3.09. The molecule has 0 aliphatic carbocycles. The molecule has 0 unspecified atom stereocenters. The molecule has 0 aliphatic heterocycles. The molecule has 0 radical (unpaired) electrons. The van der Waals surface area contributed by atoms with E-state index in [1.54, 1.807) is 17.2 Å². The number of hydrogen-bond acceptors (Lipinski definition) is 4. The predicted octanol–water partition coefficient (Wildman–Crippen LogP) is 1.91. The molecule has 21 heavy (non-hydrogen) atoms. The highest BCUT2D eigenvalue weighted by atomic mass is 127. The van der Waals surface area contributed by atoms with Gasteiger partial charge in [-0.2, -0.15) is 5.10 Å². The van der Waals surface area contributed by atoms with Gasteiger partial charge in [-0.05, 0) is 28.2 Å². The van der Waals surface area contributed by atoms with Gasteiger partial charge in [0.15, 0.2) is 0 Å². The second-order valence-electron chi connectivity index (χ2n) is 4.30. The number of benzene rings is 1. The topological polar surface area (TPSA) is 88.5 Å². The summed E-state index contributed by atoms with van der Waals surface area (Å²) in [6.45, 7) is 0.602. The van der Waals surface area contributed by atoms with Crippen LogP contribution in [-0.2, 0) is 6.54 Å². The molecule has 3 rings (SSSR count). The van der Waals surface area contributed by atoms with Gasteiger partial charge in [-0.3, -0.25) is 15.2 Å². The molecular formula is C13H11IN6O. The zero-order valence-electron chi connectivity index (χ0n) is 10.8. The Bertz CT molecular complexity index is 751. The van der Waals surface area contributed by atoms with Crippen LogP contribution in [0.25, 0.3) is 0 Å². The zero-order chi connectivity index (χ0) is 14.7. The molecule has 3 aromatic rings. The van der Waals surface area contributed by atoms with E-state index < -0.39 is 0 Å². The lowest BCUT2D eigenvalue weighted by Gasteiger charge is -2.00. The van der Waals surface area contributed by atoms with Crippen molar-refractivity contribution in [1.29, 1.82) is 0 Å². The number of amides is 1. The fraction of sp³-hybridized carbons (Fsp3) is 0.0769. The minimum absolute atomic E-state index is 0.265. The Hall–Kier alpha value is -2.23. The summed E-state index contributed by atoms with van der Waals surface area (Å²) < 4.78 is 2.41. The summed E-state index contributed by atoms with van der Waals surface area (Å²) in [5.41, 5.74) is 1.51. The van der Waals surface area contributed by atoms with E-state index in [-0.39, 0.29) is 11.9 Å². The number of anilines is 1. The molecule has 2 aromatic heterocycles.